The van der Waals surface area contributed by atoms with E-state index in [9.17, 15) is 9.59 Å². The van der Waals surface area contributed by atoms with E-state index in [1.54, 1.807) is 18.3 Å². The summed E-state index contributed by atoms with van der Waals surface area (Å²) in [6.45, 7) is 4.30. The van der Waals surface area contributed by atoms with Gasteiger partial charge in [-0.1, -0.05) is 25.2 Å². The molecule has 0 saturated heterocycles. The number of pyridine rings is 1. The second-order valence-electron chi connectivity index (χ2n) is 4.56. The van der Waals surface area contributed by atoms with E-state index in [4.69, 9.17) is 4.74 Å². The first kappa shape index (κ1) is 16.2. The molecule has 0 saturated carbocycles. The number of aromatic nitrogens is 3. The number of ether oxygens (including phenoxy) is 1. The van der Waals surface area contributed by atoms with E-state index in [0.717, 1.165) is 17.8 Å². The van der Waals surface area contributed by atoms with Crippen LogP contribution in [0.1, 0.15) is 25.3 Å². The summed E-state index contributed by atoms with van der Waals surface area (Å²) in [7, 11) is 0. The van der Waals surface area contributed by atoms with Crippen molar-refractivity contribution in [2.24, 2.45) is 0 Å². The predicted octanol–water partition coefficient (Wildman–Crippen LogP) is 1.69. The van der Waals surface area contributed by atoms with Crippen molar-refractivity contribution in [1.29, 1.82) is 0 Å². The SMILES string of the molecule is CCCOc1cccn(CC(=O)Nc2nnc(CC)s2)c1=O. The van der Waals surface area contributed by atoms with Gasteiger partial charge in [-0.15, -0.1) is 10.2 Å². The molecule has 0 aromatic carbocycles. The van der Waals surface area contributed by atoms with E-state index in [1.165, 1.54) is 15.9 Å². The Morgan fingerprint density at radius 1 is 1.41 bits per heavy atom. The maximum absolute atomic E-state index is 12.1. The first-order valence-corrected chi connectivity index (χ1v) is 7.90. The second kappa shape index (κ2) is 7.69. The molecule has 0 unspecified atom stereocenters. The van der Waals surface area contributed by atoms with Gasteiger partial charge in [-0.05, 0) is 25.0 Å². The molecular formula is C14H18N4O3S. The minimum atomic E-state index is -0.325. The highest BCUT2D eigenvalue weighted by molar-refractivity contribution is 7.15. The van der Waals surface area contributed by atoms with Gasteiger partial charge in [0.2, 0.25) is 11.0 Å². The summed E-state index contributed by atoms with van der Waals surface area (Å²) in [4.78, 5) is 24.1. The minimum Gasteiger partial charge on any atom is -0.488 e. The second-order valence-corrected chi connectivity index (χ2v) is 5.62. The third-order valence-electron chi connectivity index (χ3n) is 2.78. The molecule has 0 radical (unpaired) electrons. The molecule has 0 aliphatic rings. The van der Waals surface area contributed by atoms with Crippen LogP contribution < -0.4 is 15.6 Å². The fourth-order valence-corrected chi connectivity index (χ4v) is 2.42. The number of rotatable bonds is 7. The fraction of sp³-hybridized carbons (Fsp3) is 0.429. The van der Waals surface area contributed by atoms with Crippen LogP contribution in [0.2, 0.25) is 0 Å². The molecule has 8 heteroatoms. The van der Waals surface area contributed by atoms with E-state index in [1.807, 2.05) is 13.8 Å². The zero-order valence-electron chi connectivity index (χ0n) is 12.5. The van der Waals surface area contributed by atoms with Crippen LogP contribution in [0.15, 0.2) is 23.1 Å². The van der Waals surface area contributed by atoms with Crippen molar-refractivity contribution in [2.45, 2.75) is 33.2 Å². The van der Waals surface area contributed by atoms with Gasteiger partial charge in [-0.2, -0.15) is 0 Å². The number of carbonyl (C=O) groups excluding carboxylic acids is 1. The first-order valence-electron chi connectivity index (χ1n) is 7.08. The van der Waals surface area contributed by atoms with Crippen molar-refractivity contribution in [3.8, 4) is 5.75 Å². The Bertz CT molecular complexity index is 695. The highest BCUT2D eigenvalue weighted by Gasteiger charge is 2.10. The number of hydrogen-bond donors (Lipinski definition) is 1. The van der Waals surface area contributed by atoms with Gasteiger partial charge >= 0.3 is 0 Å². The molecule has 118 valence electrons. The van der Waals surface area contributed by atoms with Crippen molar-refractivity contribution in [2.75, 3.05) is 11.9 Å². The van der Waals surface area contributed by atoms with Crippen LogP contribution in [0.5, 0.6) is 5.75 Å². The molecule has 2 aromatic heterocycles. The summed E-state index contributed by atoms with van der Waals surface area (Å²) in [6.07, 6.45) is 3.13. The Hall–Kier alpha value is -2.22. The zero-order chi connectivity index (χ0) is 15.9. The normalized spacial score (nSPS) is 10.5. The first-order chi connectivity index (χ1) is 10.6. The van der Waals surface area contributed by atoms with E-state index in [-0.39, 0.29) is 23.8 Å². The van der Waals surface area contributed by atoms with Gasteiger partial charge in [0, 0.05) is 6.20 Å². The molecule has 22 heavy (non-hydrogen) atoms. The molecule has 0 fully saturated rings. The fourth-order valence-electron chi connectivity index (χ4n) is 1.72. The van der Waals surface area contributed by atoms with Gasteiger partial charge in [0.15, 0.2) is 5.75 Å². The van der Waals surface area contributed by atoms with Crippen LogP contribution in [-0.2, 0) is 17.8 Å². The quantitative estimate of drug-likeness (QED) is 0.838. The minimum absolute atomic E-state index is 0.0941. The average molecular weight is 322 g/mol. The third kappa shape index (κ3) is 4.14. The van der Waals surface area contributed by atoms with Gasteiger partial charge in [-0.3, -0.25) is 14.9 Å². The van der Waals surface area contributed by atoms with Gasteiger partial charge in [0.05, 0.1) is 6.61 Å². The molecule has 2 aromatic rings. The number of nitrogens with one attached hydrogen (secondary N) is 1. The summed E-state index contributed by atoms with van der Waals surface area (Å²) in [5.74, 6) is -0.0742. The van der Waals surface area contributed by atoms with Gasteiger partial charge in [0.1, 0.15) is 11.6 Å². The van der Waals surface area contributed by atoms with Crippen LogP contribution >= 0.6 is 11.3 Å². The standard InChI is InChI=1S/C14H18N4O3S/c1-3-8-21-10-6-5-7-18(13(10)20)9-11(19)15-14-17-16-12(4-2)22-14/h5-7H,3-4,8-9H2,1-2H3,(H,15,17,19). The largest absolute Gasteiger partial charge is 0.488 e. The van der Waals surface area contributed by atoms with Gasteiger partial charge < -0.3 is 9.30 Å². The number of carbonyl (C=O) groups is 1. The molecular weight excluding hydrogens is 304 g/mol. The number of amides is 1. The molecule has 0 bridgehead atoms. The Balaban J connectivity index is 2.03. The monoisotopic (exact) mass is 322 g/mol. The highest BCUT2D eigenvalue weighted by atomic mass is 32.1. The Kier molecular flexibility index (Phi) is 5.65. The smallest absolute Gasteiger partial charge is 0.293 e. The molecule has 0 atom stereocenters. The number of hydrogen-bond acceptors (Lipinski definition) is 6. The highest BCUT2D eigenvalue weighted by Crippen LogP contribution is 2.15. The molecule has 7 nitrogen and oxygen atoms in total. The van der Waals surface area contributed by atoms with E-state index >= 15 is 0 Å². The molecule has 2 heterocycles. The molecule has 1 amide bonds. The number of aryl methyl sites for hydroxylation is 1. The summed E-state index contributed by atoms with van der Waals surface area (Å²) in [6, 6.07) is 3.28. The van der Waals surface area contributed by atoms with Crippen LogP contribution in [0, 0.1) is 0 Å². The maximum Gasteiger partial charge on any atom is 0.293 e. The lowest BCUT2D eigenvalue weighted by Gasteiger charge is -2.08. The molecule has 0 spiro atoms. The average Bonchev–Trinajstić information content (AvgIpc) is 2.95. The van der Waals surface area contributed by atoms with Crippen molar-refractivity contribution >= 4 is 22.4 Å². The summed E-state index contributed by atoms with van der Waals surface area (Å²) in [5, 5.41) is 11.7. The van der Waals surface area contributed by atoms with Crippen LogP contribution in [-0.4, -0.2) is 27.3 Å². The van der Waals surface area contributed by atoms with Crippen LogP contribution in [0.3, 0.4) is 0 Å². The molecule has 0 aliphatic heterocycles. The van der Waals surface area contributed by atoms with E-state index in [0.29, 0.717) is 11.7 Å². The van der Waals surface area contributed by atoms with Gasteiger partial charge in [0.25, 0.3) is 5.56 Å². The Morgan fingerprint density at radius 2 is 2.23 bits per heavy atom. The third-order valence-corrected chi connectivity index (χ3v) is 3.76. The van der Waals surface area contributed by atoms with Crippen molar-refractivity contribution < 1.29 is 9.53 Å². The summed E-state index contributed by atoms with van der Waals surface area (Å²) < 4.78 is 6.67. The maximum atomic E-state index is 12.1. The summed E-state index contributed by atoms with van der Waals surface area (Å²) in [5.41, 5.74) is -0.322. The lowest BCUT2D eigenvalue weighted by molar-refractivity contribution is -0.116. The van der Waals surface area contributed by atoms with Crippen molar-refractivity contribution in [3.63, 3.8) is 0 Å². The topological polar surface area (TPSA) is 86.1 Å². The number of nitrogens with zero attached hydrogens (tertiary/aromatic N) is 3. The van der Waals surface area contributed by atoms with Crippen LogP contribution in [0.25, 0.3) is 0 Å². The van der Waals surface area contributed by atoms with E-state index < -0.39 is 0 Å². The molecule has 2 rings (SSSR count). The summed E-state index contributed by atoms with van der Waals surface area (Å²) >= 11 is 1.32. The molecule has 0 aliphatic carbocycles. The Morgan fingerprint density at radius 3 is 2.91 bits per heavy atom. The van der Waals surface area contributed by atoms with E-state index in [2.05, 4.69) is 15.5 Å². The van der Waals surface area contributed by atoms with Crippen LogP contribution in [0.4, 0.5) is 5.13 Å². The van der Waals surface area contributed by atoms with Gasteiger partial charge in [-0.25, -0.2) is 0 Å². The number of anilines is 1. The molecule has 1 N–H and O–H groups in total. The Labute approximate surface area is 132 Å². The predicted molar refractivity (Wildman–Crippen MR) is 84.4 cm³/mol. The van der Waals surface area contributed by atoms with Crippen molar-refractivity contribution in [3.05, 3.63) is 33.7 Å². The lowest BCUT2D eigenvalue weighted by Crippen LogP contribution is -2.28. The zero-order valence-corrected chi connectivity index (χ0v) is 13.4. The van der Waals surface area contributed by atoms with Crippen molar-refractivity contribution in [1.82, 2.24) is 14.8 Å². The lowest BCUT2D eigenvalue weighted by atomic mass is 10.4.